The Morgan fingerprint density at radius 1 is 1.23 bits per heavy atom. The molecule has 0 saturated heterocycles. The van der Waals surface area contributed by atoms with Gasteiger partial charge < -0.3 is 29.2 Å². The van der Waals surface area contributed by atoms with Gasteiger partial charge in [0.25, 0.3) is 5.91 Å². The molecule has 0 saturated carbocycles. The minimum Gasteiger partial charge on any atom is -0.491 e. The summed E-state index contributed by atoms with van der Waals surface area (Å²) in [7, 11) is 2.12. The van der Waals surface area contributed by atoms with Crippen molar-refractivity contribution in [1.29, 1.82) is 0 Å². The van der Waals surface area contributed by atoms with Crippen molar-refractivity contribution in [2.24, 2.45) is 0 Å². The van der Waals surface area contributed by atoms with Crippen LogP contribution in [0.2, 0.25) is 0 Å². The summed E-state index contributed by atoms with van der Waals surface area (Å²) in [6.45, 7) is 0.833. The first kappa shape index (κ1) is 23.0. The van der Waals surface area contributed by atoms with Crippen LogP contribution in [-0.4, -0.2) is 53.7 Å². The van der Waals surface area contributed by atoms with E-state index in [1.54, 1.807) is 0 Å². The summed E-state index contributed by atoms with van der Waals surface area (Å²) >= 11 is 0. The van der Waals surface area contributed by atoms with Gasteiger partial charge in [0, 0.05) is 18.8 Å². The SMILES string of the molecule is CCN(C(=O)c1cn(CC(O)O)c(C(=O)OC)c(OC)c1=O)c1ccc(F)cc1F. The number of anilines is 1. The van der Waals surface area contributed by atoms with Gasteiger partial charge in [0.2, 0.25) is 5.43 Å². The molecule has 0 spiro atoms. The van der Waals surface area contributed by atoms with Crippen molar-refractivity contribution < 1.29 is 38.1 Å². The number of hydrogen-bond donors (Lipinski definition) is 2. The van der Waals surface area contributed by atoms with E-state index in [-0.39, 0.29) is 12.2 Å². The van der Waals surface area contributed by atoms with Gasteiger partial charge in [-0.05, 0) is 19.1 Å². The molecule has 0 atom stereocenters. The molecule has 11 heteroatoms. The van der Waals surface area contributed by atoms with Crippen LogP contribution < -0.4 is 15.1 Å². The van der Waals surface area contributed by atoms with Crippen LogP contribution in [0.15, 0.2) is 29.2 Å². The lowest BCUT2D eigenvalue weighted by molar-refractivity contribution is -0.0519. The van der Waals surface area contributed by atoms with Crippen molar-refractivity contribution in [3.05, 3.63) is 57.5 Å². The second-order valence-electron chi connectivity index (χ2n) is 6.02. The number of aliphatic hydroxyl groups is 2. The van der Waals surface area contributed by atoms with Gasteiger partial charge >= 0.3 is 5.97 Å². The van der Waals surface area contributed by atoms with Crippen LogP contribution >= 0.6 is 0 Å². The number of rotatable bonds is 7. The number of esters is 1. The second kappa shape index (κ2) is 9.46. The first-order valence-corrected chi connectivity index (χ1v) is 8.69. The third-order valence-corrected chi connectivity index (χ3v) is 4.17. The molecule has 1 heterocycles. The molecule has 0 aliphatic heterocycles. The number of pyridine rings is 1. The van der Waals surface area contributed by atoms with E-state index in [1.165, 1.54) is 6.92 Å². The molecule has 2 rings (SSSR count). The Morgan fingerprint density at radius 2 is 1.90 bits per heavy atom. The highest BCUT2D eigenvalue weighted by Gasteiger charge is 2.29. The predicted octanol–water partition coefficient (Wildman–Crippen LogP) is 0.899. The third kappa shape index (κ3) is 4.47. The monoisotopic (exact) mass is 426 g/mol. The first-order valence-electron chi connectivity index (χ1n) is 8.69. The molecule has 1 amide bonds. The molecule has 0 aliphatic rings. The van der Waals surface area contributed by atoms with Gasteiger partial charge in [0.1, 0.15) is 17.2 Å². The number of ether oxygens (including phenoxy) is 2. The lowest BCUT2D eigenvalue weighted by atomic mass is 10.1. The zero-order valence-electron chi connectivity index (χ0n) is 16.4. The number of aromatic nitrogens is 1. The maximum atomic E-state index is 14.2. The van der Waals surface area contributed by atoms with E-state index < -0.39 is 58.8 Å². The summed E-state index contributed by atoms with van der Waals surface area (Å²) in [5, 5.41) is 18.7. The Hall–Kier alpha value is -3.31. The molecule has 0 fully saturated rings. The number of benzene rings is 1. The van der Waals surface area contributed by atoms with E-state index in [1.807, 2.05) is 0 Å². The Labute approximate surface area is 169 Å². The Kier molecular flexibility index (Phi) is 7.24. The summed E-state index contributed by atoms with van der Waals surface area (Å²) in [5.74, 6) is -4.41. The zero-order chi connectivity index (χ0) is 22.6. The van der Waals surface area contributed by atoms with Gasteiger partial charge in [0.05, 0.1) is 26.5 Å². The topological polar surface area (TPSA) is 118 Å². The number of aliphatic hydroxyl groups excluding tert-OH is 1. The van der Waals surface area contributed by atoms with Crippen LogP contribution in [-0.2, 0) is 11.3 Å². The van der Waals surface area contributed by atoms with Crippen LogP contribution in [0, 0.1) is 11.6 Å². The number of nitrogens with zero attached hydrogens (tertiary/aromatic N) is 2. The smallest absolute Gasteiger partial charge is 0.358 e. The molecule has 0 aliphatic carbocycles. The summed E-state index contributed by atoms with van der Waals surface area (Å²) < 4.78 is 37.9. The highest BCUT2D eigenvalue weighted by molar-refractivity contribution is 6.06. The van der Waals surface area contributed by atoms with Crippen LogP contribution in [0.3, 0.4) is 0 Å². The average molecular weight is 426 g/mol. The van der Waals surface area contributed by atoms with Gasteiger partial charge in [-0.3, -0.25) is 9.59 Å². The zero-order valence-corrected chi connectivity index (χ0v) is 16.4. The van der Waals surface area contributed by atoms with Crippen LogP contribution in [0.4, 0.5) is 14.5 Å². The number of carbonyl (C=O) groups is 2. The lowest BCUT2D eigenvalue weighted by Gasteiger charge is -2.23. The van der Waals surface area contributed by atoms with Crippen LogP contribution in [0.1, 0.15) is 27.8 Å². The fourth-order valence-electron chi connectivity index (χ4n) is 2.88. The van der Waals surface area contributed by atoms with E-state index in [9.17, 15) is 33.4 Å². The molecule has 162 valence electrons. The quantitative estimate of drug-likeness (QED) is 0.499. The third-order valence-electron chi connectivity index (χ3n) is 4.17. The number of carbonyl (C=O) groups excluding carboxylic acids is 2. The maximum Gasteiger partial charge on any atom is 0.358 e. The Balaban J connectivity index is 2.71. The van der Waals surface area contributed by atoms with Crippen molar-refractivity contribution in [2.45, 2.75) is 19.8 Å². The van der Waals surface area contributed by atoms with E-state index in [2.05, 4.69) is 4.74 Å². The van der Waals surface area contributed by atoms with E-state index in [0.29, 0.717) is 6.07 Å². The van der Waals surface area contributed by atoms with E-state index in [4.69, 9.17) is 4.74 Å². The molecule has 2 N–H and O–H groups in total. The standard InChI is InChI=1S/C19H20F2N2O7/c1-4-23(13-6-5-10(20)7-12(13)21)18(27)11-8-22(9-14(24)25)15(19(28)30-3)17(29-2)16(11)26/h5-8,14,24-25H,4,9H2,1-3H3. The normalized spacial score (nSPS) is 10.8. The van der Waals surface area contributed by atoms with Crippen molar-refractivity contribution in [3.63, 3.8) is 0 Å². The molecule has 1 aromatic carbocycles. The molecule has 1 aromatic heterocycles. The number of hydrogen-bond acceptors (Lipinski definition) is 7. The predicted molar refractivity (Wildman–Crippen MR) is 101 cm³/mol. The van der Waals surface area contributed by atoms with Crippen molar-refractivity contribution >= 4 is 17.6 Å². The molecule has 0 radical (unpaired) electrons. The fraction of sp³-hybridized carbons (Fsp3) is 0.316. The Morgan fingerprint density at radius 3 is 2.40 bits per heavy atom. The molecular weight excluding hydrogens is 406 g/mol. The van der Waals surface area contributed by atoms with E-state index >= 15 is 0 Å². The molecular formula is C19H20F2N2O7. The average Bonchev–Trinajstić information content (AvgIpc) is 2.69. The van der Waals surface area contributed by atoms with Crippen molar-refractivity contribution in [3.8, 4) is 5.75 Å². The molecule has 9 nitrogen and oxygen atoms in total. The first-order chi connectivity index (χ1) is 14.2. The van der Waals surface area contributed by atoms with Gasteiger partial charge in [0.15, 0.2) is 17.7 Å². The lowest BCUT2D eigenvalue weighted by Crippen LogP contribution is -2.37. The van der Waals surface area contributed by atoms with Crippen LogP contribution in [0.25, 0.3) is 0 Å². The maximum absolute atomic E-state index is 14.2. The van der Waals surface area contributed by atoms with Crippen molar-refractivity contribution in [1.82, 2.24) is 4.57 Å². The number of amides is 1. The second-order valence-corrected chi connectivity index (χ2v) is 6.02. The molecule has 2 aromatic rings. The largest absolute Gasteiger partial charge is 0.491 e. The van der Waals surface area contributed by atoms with Gasteiger partial charge in [-0.1, -0.05) is 0 Å². The van der Waals surface area contributed by atoms with E-state index in [0.717, 1.165) is 42.0 Å². The van der Waals surface area contributed by atoms with Gasteiger partial charge in [-0.25, -0.2) is 13.6 Å². The fourth-order valence-corrected chi connectivity index (χ4v) is 2.88. The molecule has 0 bridgehead atoms. The minimum atomic E-state index is -1.94. The minimum absolute atomic E-state index is 0.0788. The summed E-state index contributed by atoms with van der Waals surface area (Å²) in [4.78, 5) is 38.9. The molecule has 30 heavy (non-hydrogen) atoms. The van der Waals surface area contributed by atoms with Crippen molar-refractivity contribution in [2.75, 3.05) is 25.7 Å². The highest BCUT2D eigenvalue weighted by Crippen LogP contribution is 2.23. The van der Waals surface area contributed by atoms with Crippen LogP contribution in [0.5, 0.6) is 5.75 Å². The Bertz CT molecular complexity index is 1020. The van der Waals surface area contributed by atoms with Gasteiger partial charge in [-0.2, -0.15) is 0 Å². The van der Waals surface area contributed by atoms with Gasteiger partial charge in [-0.15, -0.1) is 0 Å². The summed E-state index contributed by atoms with van der Waals surface area (Å²) in [6.07, 6.45) is -1.02. The summed E-state index contributed by atoms with van der Waals surface area (Å²) in [6, 6.07) is 2.59. The number of halogens is 2. The highest BCUT2D eigenvalue weighted by atomic mass is 19.1. The molecule has 0 unspecified atom stereocenters. The summed E-state index contributed by atoms with van der Waals surface area (Å²) in [5.41, 5.74) is -2.24. The number of methoxy groups -OCH3 is 2.